The first kappa shape index (κ1) is 15.7. The molecule has 0 aromatic heterocycles. The number of nitrogens with two attached hydrogens (primary N) is 1. The van der Waals surface area contributed by atoms with Gasteiger partial charge in [0.1, 0.15) is 18.1 Å². The Balaban J connectivity index is 2.26. The van der Waals surface area contributed by atoms with Crippen molar-refractivity contribution in [3.05, 3.63) is 57.0 Å². The highest BCUT2D eigenvalue weighted by molar-refractivity contribution is 9.10. The zero-order valence-electron chi connectivity index (χ0n) is 11.2. The molecule has 0 aliphatic heterocycles. The molecule has 4 nitrogen and oxygen atoms in total. The summed E-state index contributed by atoms with van der Waals surface area (Å²) in [6.45, 7) is 0.225. The molecule has 0 saturated heterocycles. The van der Waals surface area contributed by atoms with Crippen molar-refractivity contribution in [2.75, 3.05) is 7.11 Å². The molecule has 0 bridgehead atoms. The van der Waals surface area contributed by atoms with E-state index < -0.39 is 5.91 Å². The number of hydrogen-bond donors (Lipinski definition) is 1. The molecule has 0 aliphatic rings. The van der Waals surface area contributed by atoms with Gasteiger partial charge in [-0.15, -0.1) is 0 Å². The van der Waals surface area contributed by atoms with Gasteiger partial charge in [-0.25, -0.2) is 0 Å². The van der Waals surface area contributed by atoms with E-state index in [1.54, 1.807) is 19.2 Å². The number of ether oxygens (including phenoxy) is 2. The summed E-state index contributed by atoms with van der Waals surface area (Å²) in [5.41, 5.74) is 6.44. The fourth-order valence-electron chi connectivity index (χ4n) is 1.83. The summed E-state index contributed by atoms with van der Waals surface area (Å²) in [4.78, 5) is 11.4. The number of primary amides is 1. The van der Waals surface area contributed by atoms with Gasteiger partial charge in [0.05, 0.1) is 12.7 Å². The highest BCUT2D eigenvalue weighted by Crippen LogP contribution is 2.27. The molecule has 1 amide bonds. The Morgan fingerprint density at radius 1 is 1.24 bits per heavy atom. The number of carbonyl (C=O) groups excluding carboxylic acids is 1. The van der Waals surface area contributed by atoms with Crippen molar-refractivity contribution in [2.45, 2.75) is 6.61 Å². The second-order valence-electron chi connectivity index (χ2n) is 4.25. The van der Waals surface area contributed by atoms with Crippen LogP contribution in [0, 0.1) is 0 Å². The lowest BCUT2D eigenvalue weighted by Gasteiger charge is -2.13. The largest absolute Gasteiger partial charge is 0.496 e. The number of amides is 1. The van der Waals surface area contributed by atoms with Crippen molar-refractivity contribution in [3.63, 3.8) is 0 Å². The van der Waals surface area contributed by atoms with Crippen molar-refractivity contribution >= 4 is 33.4 Å². The van der Waals surface area contributed by atoms with Gasteiger partial charge in [0, 0.05) is 15.1 Å². The number of rotatable bonds is 5. The van der Waals surface area contributed by atoms with E-state index in [-0.39, 0.29) is 12.2 Å². The SMILES string of the molecule is COc1ccc(Br)cc1COc1cc(Cl)ccc1C(N)=O. The van der Waals surface area contributed by atoms with E-state index >= 15 is 0 Å². The van der Waals surface area contributed by atoms with Crippen LogP contribution < -0.4 is 15.2 Å². The summed E-state index contributed by atoms with van der Waals surface area (Å²) in [5.74, 6) is 0.473. The van der Waals surface area contributed by atoms with Gasteiger partial charge in [-0.05, 0) is 36.4 Å². The minimum atomic E-state index is -0.567. The summed E-state index contributed by atoms with van der Waals surface area (Å²) in [6, 6.07) is 10.3. The van der Waals surface area contributed by atoms with Crippen molar-refractivity contribution in [1.29, 1.82) is 0 Å². The average Bonchev–Trinajstić information content (AvgIpc) is 2.45. The summed E-state index contributed by atoms with van der Waals surface area (Å²) in [6.07, 6.45) is 0. The molecular weight excluding hydrogens is 358 g/mol. The topological polar surface area (TPSA) is 61.6 Å². The molecule has 6 heteroatoms. The molecule has 110 valence electrons. The second-order valence-corrected chi connectivity index (χ2v) is 5.60. The van der Waals surface area contributed by atoms with Crippen LogP contribution in [0.5, 0.6) is 11.5 Å². The Morgan fingerprint density at radius 2 is 2.00 bits per heavy atom. The van der Waals surface area contributed by atoms with Gasteiger partial charge in [-0.1, -0.05) is 27.5 Å². The van der Waals surface area contributed by atoms with Crippen LogP contribution in [0.4, 0.5) is 0 Å². The van der Waals surface area contributed by atoms with E-state index in [0.717, 1.165) is 10.0 Å². The molecule has 0 saturated carbocycles. The molecule has 2 rings (SSSR count). The molecule has 2 N–H and O–H groups in total. The van der Waals surface area contributed by atoms with Crippen molar-refractivity contribution in [2.24, 2.45) is 5.73 Å². The first-order valence-electron chi connectivity index (χ1n) is 6.06. The molecule has 0 heterocycles. The molecule has 2 aromatic rings. The fourth-order valence-corrected chi connectivity index (χ4v) is 2.41. The molecule has 0 spiro atoms. The van der Waals surface area contributed by atoms with Gasteiger partial charge in [0.2, 0.25) is 0 Å². The molecule has 2 aromatic carbocycles. The Kier molecular flexibility index (Phi) is 5.09. The quantitative estimate of drug-likeness (QED) is 0.871. The Morgan fingerprint density at radius 3 is 2.67 bits per heavy atom. The molecular formula is C15H13BrClNO3. The zero-order chi connectivity index (χ0) is 15.4. The van der Waals surface area contributed by atoms with E-state index in [2.05, 4.69) is 15.9 Å². The Labute approximate surface area is 135 Å². The van der Waals surface area contributed by atoms with Gasteiger partial charge >= 0.3 is 0 Å². The molecule has 0 unspecified atom stereocenters. The van der Waals surface area contributed by atoms with Crippen LogP contribution in [0.25, 0.3) is 0 Å². The average molecular weight is 371 g/mol. The first-order valence-corrected chi connectivity index (χ1v) is 7.23. The normalized spacial score (nSPS) is 10.2. The predicted octanol–water partition coefficient (Wildman–Crippen LogP) is 3.79. The molecule has 0 radical (unpaired) electrons. The van der Waals surface area contributed by atoms with Crippen LogP contribution in [0.2, 0.25) is 5.02 Å². The number of methoxy groups -OCH3 is 1. The second kappa shape index (κ2) is 6.83. The highest BCUT2D eigenvalue weighted by atomic mass is 79.9. The molecule has 0 fully saturated rings. The van der Waals surface area contributed by atoms with Crippen molar-refractivity contribution in [1.82, 2.24) is 0 Å². The third-order valence-electron chi connectivity index (χ3n) is 2.83. The molecule has 0 aliphatic carbocycles. The number of benzene rings is 2. The summed E-state index contributed by atoms with van der Waals surface area (Å²) in [5, 5.41) is 0.469. The monoisotopic (exact) mass is 369 g/mol. The minimum Gasteiger partial charge on any atom is -0.496 e. The van der Waals surface area contributed by atoms with Crippen molar-refractivity contribution in [3.8, 4) is 11.5 Å². The summed E-state index contributed by atoms with van der Waals surface area (Å²) < 4.78 is 11.9. The van der Waals surface area contributed by atoms with Crippen LogP contribution in [0.15, 0.2) is 40.9 Å². The first-order chi connectivity index (χ1) is 10.0. The zero-order valence-corrected chi connectivity index (χ0v) is 13.6. The third kappa shape index (κ3) is 3.89. The lowest BCUT2D eigenvalue weighted by Crippen LogP contribution is -2.13. The van der Waals surface area contributed by atoms with Crippen LogP contribution in [0.1, 0.15) is 15.9 Å². The van der Waals surface area contributed by atoms with Gasteiger partial charge < -0.3 is 15.2 Å². The van der Waals surface area contributed by atoms with Crippen molar-refractivity contribution < 1.29 is 14.3 Å². The van der Waals surface area contributed by atoms with E-state index in [0.29, 0.717) is 16.5 Å². The summed E-state index contributed by atoms with van der Waals surface area (Å²) in [7, 11) is 1.58. The van der Waals surface area contributed by atoms with Crippen LogP contribution in [-0.4, -0.2) is 13.0 Å². The van der Waals surface area contributed by atoms with Gasteiger partial charge in [-0.3, -0.25) is 4.79 Å². The highest BCUT2D eigenvalue weighted by Gasteiger charge is 2.12. The third-order valence-corrected chi connectivity index (χ3v) is 3.56. The Hall–Kier alpha value is -1.72. The summed E-state index contributed by atoms with van der Waals surface area (Å²) >= 11 is 9.32. The molecule has 21 heavy (non-hydrogen) atoms. The van der Waals surface area contributed by atoms with E-state index in [1.807, 2.05) is 18.2 Å². The lowest BCUT2D eigenvalue weighted by molar-refractivity contribution is 0.0996. The van der Waals surface area contributed by atoms with Crippen LogP contribution in [-0.2, 0) is 6.61 Å². The smallest absolute Gasteiger partial charge is 0.252 e. The van der Waals surface area contributed by atoms with Gasteiger partial charge in [0.15, 0.2) is 0 Å². The van der Waals surface area contributed by atoms with Gasteiger partial charge in [0.25, 0.3) is 5.91 Å². The number of carbonyl (C=O) groups is 1. The number of hydrogen-bond acceptors (Lipinski definition) is 3. The fraction of sp³-hybridized carbons (Fsp3) is 0.133. The van der Waals surface area contributed by atoms with E-state index in [9.17, 15) is 4.79 Å². The van der Waals surface area contributed by atoms with E-state index in [4.69, 9.17) is 26.8 Å². The van der Waals surface area contributed by atoms with Gasteiger partial charge in [-0.2, -0.15) is 0 Å². The lowest BCUT2D eigenvalue weighted by atomic mass is 10.2. The maximum absolute atomic E-state index is 11.4. The Bertz CT molecular complexity index is 676. The maximum Gasteiger partial charge on any atom is 0.252 e. The molecule has 0 atom stereocenters. The van der Waals surface area contributed by atoms with E-state index in [1.165, 1.54) is 6.07 Å². The maximum atomic E-state index is 11.4. The minimum absolute atomic E-state index is 0.225. The number of halogens is 2. The van der Waals surface area contributed by atoms with Crippen LogP contribution in [0.3, 0.4) is 0 Å². The predicted molar refractivity (Wildman–Crippen MR) is 85.0 cm³/mol. The van der Waals surface area contributed by atoms with Crippen LogP contribution >= 0.6 is 27.5 Å². The standard InChI is InChI=1S/C15H13BrClNO3/c1-20-13-5-2-10(16)6-9(13)8-21-14-7-11(17)3-4-12(14)15(18)19/h2-7H,8H2,1H3,(H2,18,19).